The Labute approximate surface area is 121 Å². The van der Waals surface area contributed by atoms with Crippen LogP contribution in [0.5, 0.6) is 5.75 Å². The third-order valence-electron chi connectivity index (χ3n) is 3.53. The van der Waals surface area contributed by atoms with E-state index in [-0.39, 0.29) is 5.97 Å². The number of carbonyl (C=O) groups is 1. The van der Waals surface area contributed by atoms with Crippen LogP contribution in [0.1, 0.15) is 31.4 Å². The molecule has 0 aliphatic carbocycles. The quantitative estimate of drug-likeness (QED) is 0.779. The van der Waals surface area contributed by atoms with E-state index in [0.29, 0.717) is 19.6 Å². The number of likely N-dealkylation sites (N-methyl/N-ethyl adjacent to an activating group) is 1. The number of nitrogens with one attached hydrogen (secondary N) is 1. The molecule has 1 rings (SSSR count). The highest BCUT2D eigenvalue weighted by Gasteiger charge is 2.32. The number of carbonyl (C=O) groups excluding carboxylic acids is 1. The molecule has 0 radical (unpaired) electrons. The van der Waals surface area contributed by atoms with E-state index < -0.39 is 5.54 Å². The summed E-state index contributed by atoms with van der Waals surface area (Å²) in [5, 5.41) is 3.02. The van der Waals surface area contributed by atoms with E-state index in [4.69, 9.17) is 9.47 Å². The molecule has 0 aliphatic heterocycles. The largest absolute Gasteiger partial charge is 0.493 e. The maximum Gasteiger partial charge on any atom is 0.326 e. The van der Waals surface area contributed by atoms with Gasteiger partial charge in [-0.05, 0) is 45.9 Å². The zero-order chi connectivity index (χ0) is 15.2. The van der Waals surface area contributed by atoms with Gasteiger partial charge in [0.05, 0.1) is 13.2 Å². The van der Waals surface area contributed by atoms with Gasteiger partial charge in [-0.25, -0.2) is 0 Å². The Hall–Kier alpha value is -1.55. The fourth-order valence-corrected chi connectivity index (χ4v) is 2.00. The second kappa shape index (κ2) is 7.29. The van der Waals surface area contributed by atoms with Crippen molar-refractivity contribution in [3.63, 3.8) is 0 Å². The number of hydrogen-bond acceptors (Lipinski definition) is 4. The molecule has 0 aliphatic rings. The maximum atomic E-state index is 11.9. The highest BCUT2D eigenvalue weighted by molar-refractivity contribution is 5.80. The predicted octanol–water partition coefficient (Wildman–Crippen LogP) is 2.61. The molecule has 0 amide bonds. The Morgan fingerprint density at radius 2 is 1.90 bits per heavy atom. The molecule has 0 saturated carbocycles. The summed E-state index contributed by atoms with van der Waals surface area (Å²) in [6.07, 6.45) is 0.552. The van der Waals surface area contributed by atoms with Gasteiger partial charge in [0, 0.05) is 6.42 Å². The molecule has 0 aromatic heterocycles. The summed E-state index contributed by atoms with van der Waals surface area (Å²) in [7, 11) is 1.76. The summed E-state index contributed by atoms with van der Waals surface area (Å²) < 4.78 is 10.9. The molecule has 0 heterocycles. The van der Waals surface area contributed by atoms with Crippen molar-refractivity contribution in [1.82, 2.24) is 5.32 Å². The number of ether oxygens (including phenoxy) is 2. The second-order valence-electron chi connectivity index (χ2n) is 5.12. The molecule has 0 bridgehead atoms. The molecule has 1 atom stereocenters. The molecule has 1 unspecified atom stereocenters. The van der Waals surface area contributed by atoms with Gasteiger partial charge in [-0.15, -0.1) is 0 Å². The highest BCUT2D eigenvalue weighted by Crippen LogP contribution is 2.23. The maximum absolute atomic E-state index is 11.9. The van der Waals surface area contributed by atoms with Crippen molar-refractivity contribution in [2.75, 3.05) is 20.3 Å². The number of aryl methyl sites for hydroxylation is 2. The number of hydrogen-bond donors (Lipinski definition) is 1. The van der Waals surface area contributed by atoms with Gasteiger partial charge in [-0.2, -0.15) is 0 Å². The first-order chi connectivity index (χ1) is 9.44. The van der Waals surface area contributed by atoms with Crippen molar-refractivity contribution in [2.24, 2.45) is 0 Å². The van der Waals surface area contributed by atoms with Crippen LogP contribution >= 0.6 is 0 Å². The van der Waals surface area contributed by atoms with E-state index in [2.05, 4.69) is 5.32 Å². The Morgan fingerprint density at radius 3 is 2.40 bits per heavy atom. The van der Waals surface area contributed by atoms with Crippen molar-refractivity contribution in [1.29, 1.82) is 0 Å². The Balaban J connectivity index is 2.64. The Morgan fingerprint density at radius 1 is 1.30 bits per heavy atom. The van der Waals surface area contributed by atoms with Crippen molar-refractivity contribution in [2.45, 2.75) is 39.7 Å². The predicted molar refractivity (Wildman–Crippen MR) is 80.1 cm³/mol. The normalized spacial score (nSPS) is 13.7. The average molecular weight is 279 g/mol. The third-order valence-corrected chi connectivity index (χ3v) is 3.53. The molecule has 112 valence electrons. The van der Waals surface area contributed by atoms with Gasteiger partial charge < -0.3 is 14.8 Å². The fraction of sp³-hybridized carbons (Fsp3) is 0.562. The molecule has 4 heteroatoms. The summed E-state index contributed by atoms with van der Waals surface area (Å²) in [5.74, 6) is 0.655. The smallest absolute Gasteiger partial charge is 0.326 e. The van der Waals surface area contributed by atoms with Gasteiger partial charge in [-0.1, -0.05) is 18.2 Å². The molecule has 1 aromatic rings. The molecule has 0 spiro atoms. The van der Waals surface area contributed by atoms with E-state index in [1.807, 2.05) is 39.0 Å². The molecule has 1 N–H and O–H groups in total. The van der Waals surface area contributed by atoms with E-state index in [9.17, 15) is 4.79 Å². The minimum Gasteiger partial charge on any atom is -0.493 e. The first-order valence-corrected chi connectivity index (χ1v) is 6.99. The monoisotopic (exact) mass is 279 g/mol. The van der Waals surface area contributed by atoms with Gasteiger partial charge >= 0.3 is 5.97 Å². The van der Waals surface area contributed by atoms with Gasteiger partial charge in [0.15, 0.2) is 0 Å². The lowest BCUT2D eigenvalue weighted by Gasteiger charge is -2.26. The van der Waals surface area contributed by atoms with Crippen LogP contribution in [-0.4, -0.2) is 31.8 Å². The molecule has 20 heavy (non-hydrogen) atoms. The number of para-hydroxylation sites is 1. The summed E-state index contributed by atoms with van der Waals surface area (Å²) in [5.41, 5.74) is 1.49. The second-order valence-corrected chi connectivity index (χ2v) is 5.12. The number of esters is 1. The lowest BCUT2D eigenvalue weighted by molar-refractivity contribution is -0.150. The third kappa shape index (κ3) is 3.97. The van der Waals surface area contributed by atoms with Gasteiger partial charge in [0.25, 0.3) is 0 Å². The van der Waals surface area contributed by atoms with E-state index in [1.54, 1.807) is 14.0 Å². The molecule has 4 nitrogen and oxygen atoms in total. The molecular formula is C16H25NO3. The van der Waals surface area contributed by atoms with Crippen LogP contribution in [0, 0.1) is 13.8 Å². The van der Waals surface area contributed by atoms with Crippen molar-refractivity contribution >= 4 is 5.97 Å². The van der Waals surface area contributed by atoms with Crippen LogP contribution in [0.4, 0.5) is 0 Å². The highest BCUT2D eigenvalue weighted by atomic mass is 16.5. The molecule has 1 aromatic carbocycles. The summed E-state index contributed by atoms with van der Waals surface area (Å²) in [6.45, 7) is 8.52. The number of rotatable bonds is 7. The Bertz CT molecular complexity index is 439. The molecule has 0 fully saturated rings. The van der Waals surface area contributed by atoms with Gasteiger partial charge in [-0.3, -0.25) is 4.79 Å². The minimum absolute atomic E-state index is 0.243. The van der Waals surface area contributed by atoms with Crippen molar-refractivity contribution in [3.8, 4) is 5.75 Å². The van der Waals surface area contributed by atoms with E-state index >= 15 is 0 Å². The average Bonchev–Trinajstić information content (AvgIpc) is 2.42. The van der Waals surface area contributed by atoms with E-state index in [1.165, 1.54) is 0 Å². The van der Waals surface area contributed by atoms with Crippen LogP contribution in [0.2, 0.25) is 0 Å². The fourth-order valence-electron chi connectivity index (χ4n) is 2.00. The van der Waals surface area contributed by atoms with Crippen molar-refractivity contribution in [3.05, 3.63) is 29.3 Å². The molecule has 0 saturated heterocycles. The summed E-state index contributed by atoms with van der Waals surface area (Å²) in [6, 6.07) is 6.05. The van der Waals surface area contributed by atoms with Crippen LogP contribution in [0.25, 0.3) is 0 Å². The van der Waals surface area contributed by atoms with Gasteiger partial charge in [0.1, 0.15) is 11.3 Å². The van der Waals surface area contributed by atoms with Crippen molar-refractivity contribution < 1.29 is 14.3 Å². The molecular weight excluding hydrogens is 254 g/mol. The first-order valence-electron chi connectivity index (χ1n) is 6.99. The zero-order valence-electron chi connectivity index (χ0n) is 13.1. The van der Waals surface area contributed by atoms with E-state index in [0.717, 1.165) is 16.9 Å². The minimum atomic E-state index is -0.716. The Kier molecular flexibility index (Phi) is 6.02. The lowest BCUT2D eigenvalue weighted by Crippen LogP contribution is -2.49. The lowest BCUT2D eigenvalue weighted by atomic mass is 9.99. The topological polar surface area (TPSA) is 47.6 Å². The van der Waals surface area contributed by atoms with Crippen LogP contribution in [0.3, 0.4) is 0 Å². The number of benzene rings is 1. The SMILES string of the molecule is CCOC(=O)C(C)(CCOc1c(C)cccc1C)NC. The zero-order valence-corrected chi connectivity index (χ0v) is 13.1. The van der Waals surface area contributed by atoms with Crippen LogP contribution in [-0.2, 0) is 9.53 Å². The van der Waals surface area contributed by atoms with Crippen LogP contribution in [0.15, 0.2) is 18.2 Å². The standard InChI is InChI=1S/C16H25NO3/c1-6-19-15(18)16(4,17-5)10-11-20-14-12(2)8-7-9-13(14)3/h7-9,17H,6,10-11H2,1-5H3. The van der Waals surface area contributed by atoms with Crippen LogP contribution < -0.4 is 10.1 Å². The summed E-state index contributed by atoms with van der Waals surface area (Å²) in [4.78, 5) is 11.9. The van der Waals surface area contributed by atoms with Gasteiger partial charge in [0.2, 0.25) is 0 Å². The summed E-state index contributed by atoms with van der Waals surface area (Å²) >= 11 is 0. The first kappa shape index (κ1) is 16.5.